The fourth-order valence-electron chi connectivity index (χ4n) is 3.00. The van der Waals surface area contributed by atoms with Crippen molar-refractivity contribution in [3.63, 3.8) is 0 Å². The lowest BCUT2D eigenvalue weighted by molar-refractivity contribution is 0.303. The maximum Gasteiger partial charge on any atom is 0.864 e. The second kappa shape index (κ2) is 4.71. The second-order valence-electron chi connectivity index (χ2n) is 5.38. The average molecular weight is 301 g/mol. The molecule has 0 saturated carbocycles. The average Bonchev–Trinajstić information content (AvgIpc) is 2.55. The van der Waals surface area contributed by atoms with Crippen LogP contribution < -0.4 is 18.9 Å². The van der Waals surface area contributed by atoms with Crippen LogP contribution in [0.1, 0.15) is 0 Å². The van der Waals surface area contributed by atoms with Crippen molar-refractivity contribution in [2.45, 2.75) is 0 Å². The zero-order valence-electron chi connectivity index (χ0n) is 12.2. The van der Waals surface area contributed by atoms with E-state index in [9.17, 15) is 0 Å². The number of para-hydroxylation sites is 6. The SMILES string of the molecule is c1ccc2c(c1)OB1Oc3ccccc3N2c2ccccc2O1. The van der Waals surface area contributed by atoms with E-state index in [4.69, 9.17) is 14.0 Å². The van der Waals surface area contributed by atoms with Gasteiger partial charge in [0.15, 0.2) is 0 Å². The number of benzene rings is 3. The van der Waals surface area contributed by atoms with E-state index in [-0.39, 0.29) is 0 Å². The van der Waals surface area contributed by atoms with Gasteiger partial charge in [-0.3, -0.25) is 0 Å². The Labute approximate surface area is 134 Å². The largest absolute Gasteiger partial charge is 0.864 e. The summed E-state index contributed by atoms with van der Waals surface area (Å²) >= 11 is 0. The van der Waals surface area contributed by atoms with E-state index in [0.717, 1.165) is 34.3 Å². The molecule has 0 aliphatic carbocycles. The Kier molecular flexibility index (Phi) is 2.55. The Morgan fingerprint density at radius 2 is 0.870 bits per heavy atom. The number of hydrogen-bond donors (Lipinski definition) is 0. The van der Waals surface area contributed by atoms with E-state index in [1.165, 1.54) is 0 Å². The predicted molar refractivity (Wildman–Crippen MR) is 88.8 cm³/mol. The first-order chi connectivity index (χ1) is 11.4. The van der Waals surface area contributed by atoms with Gasteiger partial charge in [-0.05, 0) is 36.4 Å². The summed E-state index contributed by atoms with van der Waals surface area (Å²) < 4.78 is 17.8. The quantitative estimate of drug-likeness (QED) is 0.579. The van der Waals surface area contributed by atoms with Crippen molar-refractivity contribution in [2.75, 3.05) is 4.90 Å². The van der Waals surface area contributed by atoms with Crippen LogP contribution in [0.5, 0.6) is 17.2 Å². The van der Waals surface area contributed by atoms with Crippen LogP contribution in [0, 0.1) is 0 Å². The Hall–Kier alpha value is -3.08. The van der Waals surface area contributed by atoms with Gasteiger partial charge in [0.1, 0.15) is 17.2 Å². The molecule has 110 valence electrons. The van der Waals surface area contributed by atoms with E-state index in [0.29, 0.717) is 0 Å². The maximum absolute atomic E-state index is 5.94. The number of rotatable bonds is 0. The molecule has 0 radical (unpaired) electrons. The molecule has 0 aromatic heterocycles. The van der Waals surface area contributed by atoms with Gasteiger partial charge in [-0.2, -0.15) is 0 Å². The molecule has 5 heteroatoms. The minimum absolute atomic E-state index is 0.724. The molecule has 0 saturated heterocycles. The van der Waals surface area contributed by atoms with E-state index >= 15 is 0 Å². The molecular weight excluding hydrogens is 289 g/mol. The normalized spacial score (nSPS) is 14.1. The van der Waals surface area contributed by atoms with Crippen LogP contribution in [0.25, 0.3) is 0 Å². The lowest BCUT2D eigenvalue weighted by Crippen LogP contribution is -2.40. The van der Waals surface area contributed by atoms with Crippen molar-refractivity contribution in [1.82, 2.24) is 0 Å². The number of hydrogen-bond acceptors (Lipinski definition) is 4. The molecule has 23 heavy (non-hydrogen) atoms. The van der Waals surface area contributed by atoms with Crippen LogP contribution >= 0.6 is 0 Å². The van der Waals surface area contributed by atoms with E-state index < -0.39 is 7.32 Å². The monoisotopic (exact) mass is 301 g/mol. The van der Waals surface area contributed by atoms with Gasteiger partial charge >= 0.3 is 7.32 Å². The molecule has 3 heterocycles. The van der Waals surface area contributed by atoms with Crippen LogP contribution in [-0.4, -0.2) is 7.32 Å². The summed E-state index contributed by atoms with van der Waals surface area (Å²) in [6, 6.07) is 23.7. The Balaban J connectivity index is 1.88. The Morgan fingerprint density at radius 3 is 1.26 bits per heavy atom. The summed E-state index contributed by atoms with van der Waals surface area (Å²) in [7, 11) is -0.833. The zero-order chi connectivity index (χ0) is 15.2. The molecule has 4 nitrogen and oxygen atoms in total. The summed E-state index contributed by atoms with van der Waals surface area (Å²) in [6.45, 7) is 0. The molecule has 0 fully saturated rings. The standard InChI is InChI=1S/C18H12BNO3/c1-4-10-16-13(7-1)20-14-8-2-5-11-17(14)22-19(21-16)23-18-12-6-3-9-15(18)20/h1-12H. The molecule has 3 aromatic rings. The van der Waals surface area contributed by atoms with E-state index in [1.54, 1.807) is 0 Å². The van der Waals surface area contributed by atoms with Crippen LogP contribution in [-0.2, 0) is 0 Å². The van der Waals surface area contributed by atoms with Crippen molar-refractivity contribution in [3.8, 4) is 17.2 Å². The van der Waals surface area contributed by atoms with Crippen molar-refractivity contribution < 1.29 is 14.0 Å². The Morgan fingerprint density at radius 1 is 0.522 bits per heavy atom. The molecule has 3 aromatic carbocycles. The summed E-state index contributed by atoms with van der Waals surface area (Å²) in [5.41, 5.74) is 2.89. The maximum atomic E-state index is 5.94. The van der Waals surface area contributed by atoms with Gasteiger partial charge in [0.05, 0.1) is 17.1 Å². The van der Waals surface area contributed by atoms with E-state index in [1.807, 2.05) is 72.8 Å². The van der Waals surface area contributed by atoms with Gasteiger partial charge in [0, 0.05) is 0 Å². The predicted octanol–water partition coefficient (Wildman–Crippen LogP) is 4.30. The minimum atomic E-state index is -0.833. The molecule has 3 aliphatic heterocycles. The van der Waals surface area contributed by atoms with Crippen LogP contribution in [0.3, 0.4) is 0 Å². The molecule has 0 spiro atoms. The third-order valence-corrected chi connectivity index (χ3v) is 3.99. The van der Waals surface area contributed by atoms with Gasteiger partial charge in [0.25, 0.3) is 0 Å². The topological polar surface area (TPSA) is 30.9 Å². The number of anilines is 3. The Bertz CT molecular complexity index is 781. The highest BCUT2D eigenvalue weighted by atomic mass is 16.7. The van der Waals surface area contributed by atoms with E-state index in [2.05, 4.69) is 4.90 Å². The van der Waals surface area contributed by atoms with Gasteiger partial charge in [-0.25, -0.2) is 0 Å². The minimum Gasteiger partial charge on any atom is -0.488 e. The lowest BCUT2D eigenvalue weighted by Gasteiger charge is -2.35. The van der Waals surface area contributed by atoms with Crippen LogP contribution in [0.2, 0.25) is 0 Å². The highest BCUT2D eigenvalue weighted by molar-refractivity contribution is 6.40. The van der Waals surface area contributed by atoms with Gasteiger partial charge in [0.2, 0.25) is 0 Å². The summed E-state index contributed by atoms with van der Waals surface area (Å²) in [5.74, 6) is 2.17. The molecule has 3 aliphatic rings. The van der Waals surface area contributed by atoms with Crippen molar-refractivity contribution in [2.24, 2.45) is 0 Å². The van der Waals surface area contributed by atoms with Crippen LogP contribution in [0.4, 0.5) is 17.1 Å². The van der Waals surface area contributed by atoms with Gasteiger partial charge in [-0.1, -0.05) is 36.4 Å². The molecule has 0 N–H and O–H groups in total. The van der Waals surface area contributed by atoms with Crippen LogP contribution in [0.15, 0.2) is 72.8 Å². The van der Waals surface area contributed by atoms with Crippen molar-refractivity contribution >= 4 is 24.4 Å². The second-order valence-corrected chi connectivity index (χ2v) is 5.38. The van der Waals surface area contributed by atoms with Gasteiger partial charge < -0.3 is 18.9 Å². The fourth-order valence-corrected chi connectivity index (χ4v) is 3.00. The summed E-state index contributed by atoms with van der Waals surface area (Å²) in [4.78, 5) is 2.11. The third-order valence-electron chi connectivity index (χ3n) is 3.99. The molecule has 0 atom stereocenters. The molecule has 0 unspecified atom stereocenters. The third kappa shape index (κ3) is 1.86. The highest BCUT2D eigenvalue weighted by Gasteiger charge is 2.39. The first kappa shape index (κ1) is 12.5. The zero-order valence-corrected chi connectivity index (χ0v) is 12.2. The fraction of sp³-hybridized carbons (Fsp3) is 0. The van der Waals surface area contributed by atoms with Crippen molar-refractivity contribution in [3.05, 3.63) is 72.8 Å². The first-order valence-corrected chi connectivity index (χ1v) is 7.47. The molecule has 6 rings (SSSR count). The smallest absolute Gasteiger partial charge is 0.488 e. The number of nitrogens with zero attached hydrogens (tertiary/aromatic N) is 1. The molecule has 2 bridgehead atoms. The summed E-state index contributed by atoms with van der Waals surface area (Å²) in [6.07, 6.45) is 0. The first-order valence-electron chi connectivity index (χ1n) is 7.47. The van der Waals surface area contributed by atoms with Crippen molar-refractivity contribution in [1.29, 1.82) is 0 Å². The van der Waals surface area contributed by atoms with Gasteiger partial charge in [-0.15, -0.1) is 0 Å². The summed E-state index contributed by atoms with van der Waals surface area (Å²) in [5, 5.41) is 0. The molecule has 0 amide bonds. The lowest BCUT2D eigenvalue weighted by atomic mass is 10.1. The highest BCUT2D eigenvalue weighted by Crippen LogP contribution is 2.49. The molecular formula is C18H12BNO3.